The van der Waals surface area contributed by atoms with Crippen molar-refractivity contribution in [3.05, 3.63) is 42.2 Å². The Hall–Kier alpha value is -1.35. The summed E-state index contributed by atoms with van der Waals surface area (Å²) in [6, 6.07) is 4.68. The quantitative estimate of drug-likeness (QED) is 0.770. The number of nitrogens with zero attached hydrogens (tertiary/aromatic N) is 1. The average Bonchev–Trinajstić information content (AvgIpc) is 2.17. The van der Waals surface area contributed by atoms with E-state index in [1.807, 2.05) is 18.0 Å². The van der Waals surface area contributed by atoms with E-state index in [1.165, 1.54) is 6.07 Å². The molecule has 82 valence electrons. The van der Waals surface area contributed by atoms with Gasteiger partial charge in [-0.25, -0.2) is 4.39 Å². The van der Waals surface area contributed by atoms with Crippen LogP contribution in [0.1, 0.15) is 18.5 Å². The minimum Gasteiger partial charge on any atom is -0.371 e. The van der Waals surface area contributed by atoms with Crippen molar-refractivity contribution in [1.82, 2.24) is 0 Å². The lowest BCUT2D eigenvalue weighted by molar-refractivity contribution is 0.593. The Bertz CT molecular complexity index is 347. The highest BCUT2D eigenvalue weighted by molar-refractivity contribution is 5.55. The molecule has 1 aromatic rings. The molecule has 2 N–H and O–H groups in total. The van der Waals surface area contributed by atoms with Crippen LogP contribution in [-0.2, 0) is 0 Å². The predicted molar refractivity (Wildman–Crippen MR) is 62.5 cm³/mol. The van der Waals surface area contributed by atoms with Gasteiger partial charge >= 0.3 is 0 Å². The minimum atomic E-state index is -0.312. The molecule has 0 aliphatic rings. The molecule has 0 saturated heterocycles. The Kier molecular flexibility index (Phi) is 3.86. The van der Waals surface area contributed by atoms with E-state index in [1.54, 1.807) is 19.1 Å². The van der Waals surface area contributed by atoms with Crippen LogP contribution in [0.15, 0.2) is 30.9 Å². The average molecular weight is 208 g/mol. The summed E-state index contributed by atoms with van der Waals surface area (Å²) >= 11 is 0. The van der Waals surface area contributed by atoms with Crippen LogP contribution in [0.25, 0.3) is 0 Å². The molecule has 0 aromatic heterocycles. The molecule has 1 atom stereocenters. The summed E-state index contributed by atoms with van der Waals surface area (Å²) in [5.41, 5.74) is 7.14. The van der Waals surface area contributed by atoms with Crippen molar-refractivity contribution in [1.29, 1.82) is 0 Å². The highest BCUT2D eigenvalue weighted by Crippen LogP contribution is 2.26. The zero-order chi connectivity index (χ0) is 11.4. The highest BCUT2D eigenvalue weighted by Gasteiger charge is 2.14. The lowest BCUT2D eigenvalue weighted by Crippen LogP contribution is -2.21. The molecule has 0 amide bonds. The molecule has 3 heteroatoms. The lowest BCUT2D eigenvalue weighted by atomic mass is 10.1. The van der Waals surface area contributed by atoms with Crippen molar-refractivity contribution in [2.45, 2.75) is 13.0 Å². The Morgan fingerprint density at radius 3 is 2.80 bits per heavy atom. The second-order valence-electron chi connectivity index (χ2n) is 3.63. The van der Waals surface area contributed by atoms with Crippen molar-refractivity contribution in [2.24, 2.45) is 5.73 Å². The van der Waals surface area contributed by atoms with Crippen LogP contribution in [0.2, 0.25) is 0 Å². The molecular formula is C12H17FN2. The Labute approximate surface area is 90.2 Å². The van der Waals surface area contributed by atoms with Gasteiger partial charge in [0.15, 0.2) is 0 Å². The van der Waals surface area contributed by atoms with Crippen LogP contribution in [0.4, 0.5) is 10.1 Å². The molecular weight excluding hydrogens is 191 g/mol. The van der Waals surface area contributed by atoms with Gasteiger partial charge in [0.25, 0.3) is 0 Å². The maximum Gasteiger partial charge on any atom is 0.130 e. The summed E-state index contributed by atoms with van der Waals surface area (Å²) < 4.78 is 13.6. The number of anilines is 1. The first-order valence-corrected chi connectivity index (χ1v) is 4.94. The van der Waals surface area contributed by atoms with Crippen molar-refractivity contribution in [3.8, 4) is 0 Å². The third-order valence-electron chi connectivity index (χ3n) is 2.30. The van der Waals surface area contributed by atoms with Gasteiger partial charge in [-0.05, 0) is 19.1 Å². The minimum absolute atomic E-state index is 0.251. The summed E-state index contributed by atoms with van der Waals surface area (Å²) in [5.74, 6) is -0.251. The molecule has 0 bridgehead atoms. The van der Waals surface area contributed by atoms with Crippen LogP contribution in [-0.4, -0.2) is 13.6 Å². The van der Waals surface area contributed by atoms with Crippen LogP contribution < -0.4 is 10.6 Å². The molecule has 0 heterocycles. The maximum atomic E-state index is 13.6. The summed E-state index contributed by atoms with van der Waals surface area (Å²) in [7, 11) is 1.89. The fourth-order valence-electron chi connectivity index (χ4n) is 1.60. The SMILES string of the molecule is C=CCN(C)c1cccc(F)c1[C@H](C)N. The van der Waals surface area contributed by atoms with Gasteiger partial charge in [0.05, 0.1) is 0 Å². The smallest absolute Gasteiger partial charge is 0.130 e. The fraction of sp³-hybridized carbons (Fsp3) is 0.333. The van der Waals surface area contributed by atoms with Gasteiger partial charge < -0.3 is 10.6 Å². The van der Waals surface area contributed by atoms with Gasteiger partial charge in [-0.3, -0.25) is 0 Å². The number of hydrogen-bond acceptors (Lipinski definition) is 2. The van der Waals surface area contributed by atoms with Crippen LogP contribution in [0.3, 0.4) is 0 Å². The number of hydrogen-bond donors (Lipinski definition) is 1. The first-order valence-electron chi connectivity index (χ1n) is 4.94. The summed E-state index contributed by atoms with van der Waals surface area (Å²) in [5, 5.41) is 0. The first kappa shape index (κ1) is 11.7. The number of nitrogens with two attached hydrogens (primary N) is 1. The van der Waals surface area contributed by atoms with Crippen molar-refractivity contribution in [2.75, 3.05) is 18.5 Å². The monoisotopic (exact) mass is 208 g/mol. The number of halogens is 1. The van der Waals surface area contributed by atoms with E-state index in [0.717, 1.165) is 5.69 Å². The number of rotatable bonds is 4. The summed E-state index contributed by atoms with van der Waals surface area (Å²) in [6.45, 7) is 6.11. The van der Waals surface area contributed by atoms with E-state index in [0.29, 0.717) is 12.1 Å². The second-order valence-corrected chi connectivity index (χ2v) is 3.63. The van der Waals surface area contributed by atoms with Gasteiger partial charge in [0.1, 0.15) is 5.82 Å². The van der Waals surface area contributed by atoms with Crippen molar-refractivity contribution < 1.29 is 4.39 Å². The van der Waals surface area contributed by atoms with Gasteiger partial charge in [0.2, 0.25) is 0 Å². The van der Waals surface area contributed by atoms with E-state index in [9.17, 15) is 4.39 Å². The molecule has 0 spiro atoms. The molecule has 0 saturated carbocycles. The second kappa shape index (κ2) is 4.94. The van der Waals surface area contributed by atoms with E-state index >= 15 is 0 Å². The zero-order valence-electron chi connectivity index (χ0n) is 9.20. The zero-order valence-corrected chi connectivity index (χ0v) is 9.20. The van der Waals surface area contributed by atoms with Crippen molar-refractivity contribution in [3.63, 3.8) is 0 Å². The topological polar surface area (TPSA) is 29.3 Å². The largest absolute Gasteiger partial charge is 0.371 e. The Morgan fingerprint density at radius 2 is 2.27 bits per heavy atom. The molecule has 0 radical (unpaired) electrons. The Morgan fingerprint density at radius 1 is 1.60 bits per heavy atom. The summed E-state index contributed by atoms with van der Waals surface area (Å²) in [6.07, 6.45) is 1.77. The van der Waals surface area contributed by atoms with Crippen LogP contribution >= 0.6 is 0 Å². The number of benzene rings is 1. The van der Waals surface area contributed by atoms with Crippen LogP contribution in [0.5, 0.6) is 0 Å². The van der Waals surface area contributed by atoms with Gasteiger partial charge in [0, 0.05) is 30.9 Å². The third-order valence-corrected chi connectivity index (χ3v) is 2.30. The van der Waals surface area contributed by atoms with Gasteiger partial charge in [-0.15, -0.1) is 6.58 Å². The maximum absolute atomic E-state index is 13.6. The predicted octanol–water partition coefficient (Wildman–Crippen LogP) is 2.47. The molecule has 1 aromatic carbocycles. The fourth-order valence-corrected chi connectivity index (χ4v) is 1.60. The molecule has 0 unspecified atom stereocenters. The van der Waals surface area contributed by atoms with Gasteiger partial charge in [-0.1, -0.05) is 12.1 Å². The number of likely N-dealkylation sites (N-methyl/N-ethyl adjacent to an activating group) is 1. The van der Waals surface area contributed by atoms with E-state index in [4.69, 9.17) is 5.73 Å². The molecule has 0 aliphatic heterocycles. The molecule has 15 heavy (non-hydrogen) atoms. The first-order chi connectivity index (χ1) is 7.07. The van der Waals surface area contributed by atoms with Crippen molar-refractivity contribution >= 4 is 5.69 Å². The standard InChI is InChI=1S/C12H17FN2/c1-4-8-15(3)11-7-5-6-10(13)12(11)9(2)14/h4-7,9H,1,8,14H2,2-3H3/t9-/m0/s1. The third kappa shape index (κ3) is 2.57. The van der Waals surface area contributed by atoms with E-state index in [-0.39, 0.29) is 11.9 Å². The van der Waals surface area contributed by atoms with Crippen LogP contribution in [0, 0.1) is 5.82 Å². The lowest BCUT2D eigenvalue weighted by Gasteiger charge is -2.22. The highest BCUT2D eigenvalue weighted by atomic mass is 19.1. The molecule has 1 rings (SSSR count). The molecule has 0 fully saturated rings. The van der Waals surface area contributed by atoms with E-state index < -0.39 is 0 Å². The van der Waals surface area contributed by atoms with Gasteiger partial charge in [-0.2, -0.15) is 0 Å². The van der Waals surface area contributed by atoms with E-state index in [2.05, 4.69) is 6.58 Å². The molecule has 0 aliphatic carbocycles. The normalized spacial score (nSPS) is 12.3. The summed E-state index contributed by atoms with van der Waals surface area (Å²) in [4.78, 5) is 1.93. The molecule has 2 nitrogen and oxygen atoms in total. The Balaban J connectivity index is 3.16.